The number of carbonyl (C=O) groups is 3. The Morgan fingerprint density at radius 2 is 2.19 bits per heavy atom. The van der Waals surface area contributed by atoms with E-state index in [1.165, 1.54) is 0 Å². The Labute approximate surface area is 122 Å². The Kier molecular flexibility index (Phi) is 4.57. The lowest BCUT2D eigenvalue weighted by Crippen LogP contribution is -2.52. The molecule has 6 nitrogen and oxygen atoms in total. The minimum atomic E-state index is -0.637. The quantitative estimate of drug-likeness (QED) is 0.789. The molecule has 0 radical (unpaired) electrons. The summed E-state index contributed by atoms with van der Waals surface area (Å²) in [5.41, 5.74) is 1.80. The van der Waals surface area contributed by atoms with Crippen LogP contribution in [0.3, 0.4) is 0 Å². The smallest absolute Gasteiger partial charge is 0.249 e. The molecule has 0 aliphatic carbocycles. The predicted molar refractivity (Wildman–Crippen MR) is 75.7 cm³/mol. The lowest BCUT2D eigenvalue weighted by molar-refractivity contribution is -0.137. The highest BCUT2D eigenvalue weighted by atomic mass is 16.5. The third kappa shape index (κ3) is 3.81. The second kappa shape index (κ2) is 6.39. The second-order valence-corrected chi connectivity index (χ2v) is 5.05. The lowest BCUT2D eigenvalue weighted by atomic mass is 10.0. The molecule has 6 heteroatoms. The van der Waals surface area contributed by atoms with Crippen molar-refractivity contribution in [1.82, 2.24) is 10.6 Å². The summed E-state index contributed by atoms with van der Waals surface area (Å²) in [6, 6.07) is 4.90. The van der Waals surface area contributed by atoms with Gasteiger partial charge in [0.05, 0.1) is 13.5 Å². The third-order valence-corrected chi connectivity index (χ3v) is 3.41. The Morgan fingerprint density at radius 1 is 1.43 bits per heavy atom. The predicted octanol–water partition coefficient (Wildman–Crippen LogP) is 0.468. The number of nitrogens with one attached hydrogen (secondary N) is 2. The molecule has 2 rings (SSSR count). The first-order valence-electron chi connectivity index (χ1n) is 6.76. The fourth-order valence-electron chi connectivity index (χ4n) is 2.24. The summed E-state index contributed by atoms with van der Waals surface area (Å²) in [5.74, 6) is -0.272. The first-order chi connectivity index (χ1) is 9.99. The zero-order chi connectivity index (χ0) is 15.4. The molecule has 1 heterocycles. The van der Waals surface area contributed by atoms with Crippen molar-refractivity contribution in [2.75, 3.05) is 7.11 Å². The van der Waals surface area contributed by atoms with Crippen molar-refractivity contribution in [2.24, 2.45) is 0 Å². The van der Waals surface area contributed by atoms with Crippen molar-refractivity contribution in [3.8, 4) is 5.75 Å². The first-order valence-corrected chi connectivity index (χ1v) is 6.76. The van der Waals surface area contributed by atoms with Crippen molar-refractivity contribution in [3.05, 3.63) is 29.3 Å². The van der Waals surface area contributed by atoms with Crippen molar-refractivity contribution in [1.29, 1.82) is 0 Å². The minimum absolute atomic E-state index is 0.161. The highest BCUT2D eigenvalue weighted by Gasteiger charge is 2.27. The van der Waals surface area contributed by atoms with Gasteiger partial charge in [0.1, 0.15) is 11.8 Å². The fraction of sp³-hybridized carbons (Fsp3) is 0.400. The molecule has 2 N–H and O–H groups in total. The molecule has 0 saturated carbocycles. The number of imide groups is 1. The van der Waals surface area contributed by atoms with E-state index in [1.807, 2.05) is 19.1 Å². The molecule has 1 atom stereocenters. The number of hydrogen-bond acceptors (Lipinski definition) is 4. The van der Waals surface area contributed by atoms with Gasteiger partial charge in [-0.2, -0.15) is 0 Å². The van der Waals surface area contributed by atoms with E-state index in [1.54, 1.807) is 13.2 Å². The molecular weight excluding hydrogens is 272 g/mol. The van der Waals surface area contributed by atoms with Crippen LogP contribution in [0.4, 0.5) is 0 Å². The SMILES string of the molecule is COc1cc(CC(=O)NC2CCC(=O)NC2=O)ccc1C. The van der Waals surface area contributed by atoms with Crippen molar-refractivity contribution >= 4 is 17.7 Å². The van der Waals surface area contributed by atoms with E-state index < -0.39 is 11.9 Å². The molecule has 1 unspecified atom stereocenters. The maximum Gasteiger partial charge on any atom is 0.249 e. The van der Waals surface area contributed by atoms with Crippen LogP contribution in [-0.2, 0) is 20.8 Å². The Balaban J connectivity index is 1.95. The molecular formula is C15H18N2O4. The van der Waals surface area contributed by atoms with Crippen LogP contribution in [-0.4, -0.2) is 30.9 Å². The van der Waals surface area contributed by atoms with Crippen LogP contribution in [0.25, 0.3) is 0 Å². The molecule has 3 amide bonds. The van der Waals surface area contributed by atoms with Crippen LogP contribution in [0, 0.1) is 6.92 Å². The van der Waals surface area contributed by atoms with E-state index >= 15 is 0 Å². The van der Waals surface area contributed by atoms with Gasteiger partial charge in [-0.1, -0.05) is 12.1 Å². The van der Waals surface area contributed by atoms with Gasteiger partial charge >= 0.3 is 0 Å². The maximum atomic E-state index is 12.0. The van der Waals surface area contributed by atoms with Gasteiger partial charge < -0.3 is 10.1 Å². The van der Waals surface area contributed by atoms with Crippen LogP contribution < -0.4 is 15.4 Å². The second-order valence-electron chi connectivity index (χ2n) is 5.05. The molecule has 1 fully saturated rings. The monoisotopic (exact) mass is 290 g/mol. The average Bonchev–Trinajstić information content (AvgIpc) is 2.44. The van der Waals surface area contributed by atoms with Crippen molar-refractivity contribution in [3.63, 3.8) is 0 Å². The molecule has 1 saturated heterocycles. The highest BCUT2D eigenvalue weighted by molar-refractivity contribution is 6.01. The van der Waals surface area contributed by atoms with Gasteiger partial charge in [0.25, 0.3) is 0 Å². The Hall–Kier alpha value is -2.37. The number of rotatable bonds is 4. The Bertz CT molecular complexity index is 583. The van der Waals surface area contributed by atoms with Crippen molar-refractivity contribution < 1.29 is 19.1 Å². The van der Waals surface area contributed by atoms with Crippen LogP contribution in [0.2, 0.25) is 0 Å². The van der Waals surface area contributed by atoms with E-state index in [-0.39, 0.29) is 24.7 Å². The number of piperidine rings is 1. The summed E-state index contributed by atoms with van der Waals surface area (Å²) >= 11 is 0. The Morgan fingerprint density at radius 3 is 2.86 bits per heavy atom. The summed E-state index contributed by atoms with van der Waals surface area (Å²) in [5, 5.41) is 4.86. The largest absolute Gasteiger partial charge is 0.496 e. The zero-order valence-corrected chi connectivity index (χ0v) is 12.1. The molecule has 0 aromatic heterocycles. The molecule has 1 aliphatic heterocycles. The van der Waals surface area contributed by atoms with Gasteiger partial charge in [-0.15, -0.1) is 0 Å². The molecule has 0 bridgehead atoms. The van der Waals surface area contributed by atoms with E-state index in [2.05, 4.69) is 10.6 Å². The van der Waals surface area contributed by atoms with Gasteiger partial charge in [-0.05, 0) is 30.5 Å². The molecule has 1 aliphatic rings. The fourth-order valence-corrected chi connectivity index (χ4v) is 2.24. The number of amides is 3. The van der Waals surface area contributed by atoms with E-state index in [9.17, 15) is 14.4 Å². The minimum Gasteiger partial charge on any atom is -0.496 e. The topological polar surface area (TPSA) is 84.5 Å². The van der Waals surface area contributed by atoms with E-state index in [0.717, 1.165) is 16.9 Å². The number of methoxy groups -OCH3 is 1. The lowest BCUT2D eigenvalue weighted by Gasteiger charge is -2.21. The van der Waals surface area contributed by atoms with E-state index in [4.69, 9.17) is 4.74 Å². The first kappa shape index (κ1) is 15.0. The van der Waals surface area contributed by atoms with Crippen LogP contribution in [0.1, 0.15) is 24.0 Å². The number of ether oxygens (including phenoxy) is 1. The average molecular weight is 290 g/mol. The summed E-state index contributed by atoms with van der Waals surface area (Å²) in [7, 11) is 1.58. The molecule has 1 aromatic rings. The van der Waals surface area contributed by atoms with Gasteiger partial charge in [0.2, 0.25) is 17.7 Å². The maximum absolute atomic E-state index is 12.0. The van der Waals surface area contributed by atoms with Gasteiger partial charge in [0, 0.05) is 6.42 Å². The van der Waals surface area contributed by atoms with Gasteiger partial charge in [-0.25, -0.2) is 0 Å². The third-order valence-electron chi connectivity index (χ3n) is 3.41. The highest BCUT2D eigenvalue weighted by Crippen LogP contribution is 2.19. The number of aryl methyl sites for hydroxylation is 1. The molecule has 1 aromatic carbocycles. The standard InChI is InChI=1S/C15H18N2O4/c1-9-3-4-10(7-12(9)21-2)8-14(19)16-11-5-6-13(18)17-15(11)20/h3-4,7,11H,5-6,8H2,1-2H3,(H,16,19)(H,17,18,20). The van der Waals surface area contributed by atoms with Crippen LogP contribution >= 0.6 is 0 Å². The zero-order valence-electron chi connectivity index (χ0n) is 12.1. The normalized spacial score (nSPS) is 18.1. The molecule has 112 valence electrons. The number of benzene rings is 1. The number of carbonyl (C=O) groups excluding carboxylic acids is 3. The van der Waals surface area contributed by atoms with Crippen LogP contribution in [0.15, 0.2) is 18.2 Å². The summed E-state index contributed by atoms with van der Waals surface area (Å²) < 4.78 is 5.21. The number of hydrogen-bond donors (Lipinski definition) is 2. The van der Waals surface area contributed by atoms with Crippen molar-refractivity contribution in [2.45, 2.75) is 32.2 Å². The van der Waals surface area contributed by atoms with Crippen LogP contribution in [0.5, 0.6) is 5.75 Å². The van der Waals surface area contributed by atoms with Gasteiger partial charge in [-0.3, -0.25) is 19.7 Å². The van der Waals surface area contributed by atoms with Gasteiger partial charge in [0.15, 0.2) is 0 Å². The van der Waals surface area contributed by atoms with E-state index in [0.29, 0.717) is 6.42 Å². The molecule has 21 heavy (non-hydrogen) atoms. The molecule has 0 spiro atoms. The summed E-state index contributed by atoms with van der Waals surface area (Å²) in [4.78, 5) is 34.6. The summed E-state index contributed by atoms with van der Waals surface area (Å²) in [6.45, 7) is 1.92. The summed E-state index contributed by atoms with van der Waals surface area (Å²) in [6.07, 6.45) is 0.747.